The maximum absolute atomic E-state index is 12.2. The minimum absolute atomic E-state index is 0.00831. The van der Waals surface area contributed by atoms with E-state index in [1.54, 1.807) is 12.1 Å². The van der Waals surface area contributed by atoms with Crippen LogP contribution in [0.1, 0.15) is 42.3 Å². The highest BCUT2D eigenvalue weighted by Gasteiger charge is 2.22. The third-order valence-electron chi connectivity index (χ3n) is 4.10. The zero-order valence-corrected chi connectivity index (χ0v) is 15.2. The predicted molar refractivity (Wildman–Crippen MR) is 99.4 cm³/mol. The Hall–Kier alpha value is -3.42. The summed E-state index contributed by atoms with van der Waals surface area (Å²) in [5.74, 6) is 0.295. The molecule has 8 heteroatoms. The normalized spacial score (nSPS) is 13.0. The number of hydrazone groups is 1. The van der Waals surface area contributed by atoms with Crippen LogP contribution >= 0.6 is 0 Å². The number of nitro groups is 1. The molecule has 1 aliphatic heterocycles. The Morgan fingerprint density at radius 3 is 2.41 bits per heavy atom. The molecule has 0 spiro atoms. The van der Waals surface area contributed by atoms with Gasteiger partial charge in [0.25, 0.3) is 11.6 Å². The monoisotopic (exact) mass is 369 g/mol. The van der Waals surface area contributed by atoms with E-state index in [0.29, 0.717) is 17.1 Å². The standard InChI is InChI=1S/C19H19N3O5/c1-19(2,3)14-6-4-12(5-7-14)18(23)21-20-10-13-8-16-17(27-11-26-16)9-15(13)22(24)25/h4-10H,11H2,1-3H3,(H,21,23)/b20-10+. The van der Waals surface area contributed by atoms with Gasteiger partial charge in [-0.1, -0.05) is 32.9 Å². The number of nitrogens with one attached hydrogen (secondary N) is 1. The number of nitro benzene ring substituents is 1. The summed E-state index contributed by atoms with van der Waals surface area (Å²) in [6.45, 7) is 6.27. The van der Waals surface area contributed by atoms with Gasteiger partial charge < -0.3 is 9.47 Å². The smallest absolute Gasteiger partial charge is 0.282 e. The van der Waals surface area contributed by atoms with Crippen LogP contribution in [0.4, 0.5) is 5.69 Å². The van der Waals surface area contributed by atoms with Gasteiger partial charge in [-0.15, -0.1) is 0 Å². The highest BCUT2D eigenvalue weighted by atomic mass is 16.7. The maximum atomic E-state index is 12.2. The molecule has 0 fully saturated rings. The fourth-order valence-corrected chi connectivity index (χ4v) is 2.56. The largest absolute Gasteiger partial charge is 0.454 e. The van der Waals surface area contributed by atoms with Crippen molar-refractivity contribution in [2.24, 2.45) is 5.10 Å². The van der Waals surface area contributed by atoms with Crippen molar-refractivity contribution in [3.05, 3.63) is 63.2 Å². The van der Waals surface area contributed by atoms with E-state index in [9.17, 15) is 14.9 Å². The van der Waals surface area contributed by atoms with Gasteiger partial charge in [-0.05, 0) is 29.2 Å². The van der Waals surface area contributed by atoms with Gasteiger partial charge in [-0.3, -0.25) is 14.9 Å². The van der Waals surface area contributed by atoms with Crippen molar-refractivity contribution < 1.29 is 19.2 Å². The van der Waals surface area contributed by atoms with Gasteiger partial charge in [-0.25, -0.2) is 5.43 Å². The van der Waals surface area contributed by atoms with Crippen molar-refractivity contribution in [3.63, 3.8) is 0 Å². The molecular weight excluding hydrogens is 350 g/mol. The lowest BCUT2D eigenvalue weighted by Crippen LogP contribution is -2.18. The zero-order valence-electron chi connectivity index (χ0n) is 15.2. The molecule has 0 aliphatic carbocycles. The molecule has 2 aromatic carbocycles. The Morgan fingerprint density at radius 2 is 1.81 bits per heavy atom. The molecule has 0 atom stereocenters. The molecule has 140 valence electrons. The van der Waals surface area contributed by atoms with E-state index < -0.39 is 10.8 Å². The average Bonchev–Trinajstić information content (AvgIpc) is 3.07. The number of carbonyl (C=O) groups excluding carboxylic acids is 1. The Balaban J connectivity index is 1.74. The van der Waals surface area contributed by atoms with E-state index in [-0.39, 0.29) is 23.5 Å². The molecule has 0 unspecified atom stereocenters. The van der Waals surface area contributed by atoms with Gasteiger partial charge >= 0.3 is 0 Å². The molecule has 0 aromatic heterocycles. The van der Waals surface area contributed by atoms with Crippen molar-refractivity contribution in [2.75, 3.05) is 6.79 Å². The molecule has 27 heavy (non-hydrogen) atoms. The Bertz CT molecular complexity index is 914. The molecule has 0 saturated heterocycles. The van der Waals surface area contributed by atoms with Gasteiger partial charge in [-0.2, -0.15) is 5.10 Å². The molecule has 3 rings (SSSR count). The van der Waals surface area contributed by atoms with Crippen LogP contribution in [0.2, 0.25) is 0 Å². The molecule has 1 N–H and O–H groups in total. The third kappa shape index (κ3) is 4.05. The summed E-state index contributed by atoms with van der Waals surface area (Å²) in [6, 6.07) is 9.94. The SMILES string of the molecule is CC(C)(C)c1ccc(C(=O)N/N=C/c2cc3c(cc2[N+](=O)[O-])OCO3)cc1. The number of hydrogen-bond acceptors (Lipinski definition) is 6. The van der Waals surface area contributed by atoms with Gasteiger partial charge in [0.1, 0.15) is 0 Å². The molecule has 1 amide bonds. The van der Waals surface area contributed by atoms with E-state index in [0.717, 1.165) is 5.56 Å². The quantitative estimate of drug-likeness (QED) is 0.505. The first kappa shape index (κ1) is 18.4. The summed E-state index contributed by atoms with van der Waals surface area (Å²) in [6.07, 6.45) is 1.21. The summed E-state index contributed by atoms with van der Waals surface area (Å²) in [5, 5.41) is 15.0. The first-order valence-corrected chi connectivity index (χ1v) is 8.28. The van der Waals surface area contributed by atoms with Gasteiger partial charge in [0.2, 0.25) is 6.79 Å². The van der Waals surface area contributed by atoms with Crippen LogP contribution in [0.15, 0.2) is 41.5 Å². The molecule has 1 heterocycles. The van der Waals surface area contributed by atoms with Crippen molar-refractivity contribution in [1.82, 2.24) is 5.43 Å². The van der Waals surface area contributed by atoms with Gasteiger partial charge in [0.15, 0.2) is 11.5 Å². The predicted octanol–water partition coefficient (Wildman–Crippen LogP) is 3.38. The van der Waals surface area contributed by atoms with E-state index in [1.165, 1.54) is 18.3 Å². The number of rotatable bonds is 4. The Kier molecular flexibility index (Phi) is 4.81. The van der Waals surface area contributed by atoms with Gasteiger partial charge in [0.05, 0.1) is 22.8 Å². The highest BCUT2D eigenvalue weighted by molar-refractivity contribution is 5.95. The lowest BCUT2D eigenvalue weighted by atomic mass is 9.87. The fraction of sp³-hybridized carbons (Fsp3) is 0.263. The first-order chi connectivity index (χ1) is 12.8. The molecule has 1 aliphatic rings. The van der Waals surface area contributed by atoms with Gasteiger partial charge in [0, 0.05) is 5.56 Å². The lowest BCUT2D eigenvalue weighted by molar-refractivity contribution is -0.385. The number of nitrogens with zero attached hydrogens (tertiary/aromatic N) is 2. The Morgan fingerprint density at radius 1 is 1.19 bits per heavy atom. The van der Waals surface area contributed by atoms with Crippen molar-refractivity contribution in [1.29, 1.82) is 0 Å². The highest BCUT2D eigenvalue weighted by Crippen LogP contribution is 2.37. The fourth-order valence-electron chi connectivity index (χ4n) is 2.56. The van der Waals surface area contributed by atoms with Crippen molar-refractivity contribution in [3.8, 4) is 11.5 Å². The van der Waals surface area contributed by atoms with E-state index >= 15 is 0 Å². The van der Waals surface area contributed by atoms with Crippen LogP contribution in [0.5, 0.6) is 11.5 Å². The summed E-state index contributed by atoms with van der Waals surface area (Å²) >= 11 is 0. The maximum Gasteiger partial charge on any atom is 0.282 e. The number of amides is 1. The summed E-state index contributed by atoms with van der Waals surface area (Å²) in [4.78, 5) is 22.9. The zero-order chi connectivity index (χ0) is 19.6. The van der Waals surface area contributed by atoms with Crippen LogP contribution in [-0.4, -0.2) is 23.8 Å². The minimum Gasteiger partial charge on any atom is -0.454 e. The first-order valence-electron chi connectivity index (χ1n) is 8.28. The molecule has 0 saturated carbocycles. The van der Waals surface area contributed by atoms with Crippen LogP contribution < -0.4 is 14.9 Å². The van der Waals surface area contributed by atoms with Crippen molar-refractivity contribution in [2.45, 2.75) is 26.2 Å². The van der Waals surface area contributed by atoms with E-state index in [4.69, 9.17) is 9.47 Å². The summed E-state index contributed by atoms with van der Waals surface area (Å²) in [7, 11) is 0. The second-order valence-electron chi connectivity index (χ2n) is 7.05. The van der Waals surface area contributed by atoms with Crippen LogP contribution in [0.3, 0.4) is 0 Å². The van der Waals surface area contributed by atoms with E-state index in [2.05, 4.69) is 31.3 Å². The molecule has 0 bridgehead atoms. The number of hydrogen-bond donors (Lipinski definition) is 1. The van der Waals surface area contributed by atoms with Crippen LogP contribution in [-0.2, 0) is 5.41 Å². The second kappa shape index (κ2) is 7.06. The van der Waals surface area contributed by atoms with Crippen molar-refractivity contribution >= 4 is 17.8 Å². The Labute approximate surface area is 155 Å². The molecule has 2 aromatic rings. The van der Waals surface area contributed by atoms with Crippen LogP contribution in [0.25, 0.3) is 0 Å². The number of ether oxygens (including phenoxy) is 2. The lowest BCUT2D eigenvalue weighted by Gasteiger charge is -2.18. The van der Waals surface area contributed by atoms with Crippen LogP contribution in [0, 0.1) is 10.1 Å². The number of fused-ring (bicyclic) bond motifs is 1. The topological polar surface area (TPSA) is 103 Å². The molecule has 8 nitrogen and oxygen atoms in total. The molecule has 0 radical (unpaired) electrons. The van der Waals surface area contributed by atoms with E-state index in [1.807, 2.05) is 12.1 Å². The minimum atomic E-state index is -0.545. The molecular formula is C19H19N3O5. The number of carbonyl (C=O) groups is 1. The average molecular weight is 369 g/mol. The summed E-state index contributed by atoms with van der Waals surface area (Å²) < 4.78 is 10.4. The summed E-state index contributed by atoms with van der Waals surface area (Å²) in [5.41, 5.74) is 3.93. The second-order valence-corrected chi connectivity index (χ2v) is 7.05. The number of benzene rings is 2. The third-order valence-corrected chi connectivity index (χ3v) is 4.10.